The summed E-state index contributed by atoms with van der Waals surface area (Å²) in [5.74, 6) is -1.34. The standard InChI is InChI=1S/C12H21N3O3/c1-8(15(2)3)7-13-12(18)14-10-5-4-9(6-10)11(16)17/h4-5,8-10H,6-7H2,1-3H3,(H,16,17)(H2,13,14,18). The van der Waals surface area contributed by atoms with Crippen molar-refractivity contribution in [1.29, 1.82) is 0 Å². The Bertz CT molecular complexity index is 341. The van der Waals surface area contributed by atoms with Crippen molar-refractivity contribution in [3.63, 3.8) is 0 Å². The van der Waals surface area contributed by atoms with Gasteiger partial charge in [0.1, 0.15) is 0 Å². The highest BCUT2D eigenvalue weighted by atomic mass is 16.4. The third kappa shape index (κ3) is 4.37. The van der Waals surface area contributed by atoms with E-state index in [1.165, 1.54) is 0 Å². The number of likely N-dealkylation sites (N-methyl/N-ethyl adjacent to an activating group) is 1. The Kier molecular flexibility index (Phi) is 5.15. The van der Waals surface area contributed by atoms with Crippen LogP contribution >= 0.6 is 0 Å². The van der Waals surface area contributed by atoms with E-state index in [1.807, 2.05) is 25.9 Å². The first kappa shape index (κ1) is 14.5. The fourth-order valence-corrected chi connectivity index (χ4v) is 1.63. The Hall–Kier alpha value is -1.56. The molecule has 3 N–H and O–H groups in total. The summed E-state index contributed by atoms with van der Waals surface area (Å²) in [5.41, 5.74) is 0. The molecule has 0 aliphatic heterocycles. The minimum absolute atomic E-state index is 0.194. The minimum atomic E-state index is -0.850. The lowest BCUT2D eigenvalue weighted by Gasteiger charge is -2.21. The van der Waals surface area contributed by atoms with Crippen LogP contribution in [0.4, 0.5) is 4.79 Å². The number of nitrogens with one attached hydrogen (secondary N) is 2. The van der Waals surface area contributed by atoms with Crippen LogP contribution in [0.5, 0.6) is 0 Å². The SMILES string of the molecule is CC(CNC(=O)NC1C=CC(C(=O)O)C1)N(C)C. The molecule has 1 aliphatic carbocycles. The topological polar surface area (TPSA) is 81.7 Å². The number of aliphatic carboxylic acids is 1. The van der Waals surface area contributed by atoms with E-state index < -0.39 is 11.9 Å². The summed E-state index contributed by atoms with van der Waals surface area (Å²) in [5, 5.41) is 14.3. The number of carbonyl (C=O) groups excluding carboxylic acids is 1. The Labute approximate surface area is 107 Å². The first-order valence-corrected chi connectivity index (χ1v) is 6.02. The van der Waals surface area contributed by atoms with Gasteiger partial charge >= 0.3 is 12.0 Å². The van der Waals surface area contributed by atoms with Gasteiger partial charge in [0, 0.05) is 12.6 Å². The van der Waals surface area contributed by atoms with Crippen molar-refractivity contribution < 1.29 is 14.7 Å². The molecule has 0 aromatic heterocycles. The zero-order valence-electron chi connectivity index (χ0n) is 11.0. The van der Waals surface area contributed by atoms with Crippen LogP contribution in [0.25, 0.3) is 0 Å². The summed E-state index contributed by atoms with van der Waals surface area (Å²) in [4.78, 5) is 24.3. The fraction of sp³-hybridized carbons (Fsp3) is 0.667. The van der Waals surface area contributed by atoms with Crippen molar-refractivity contribution in [1.82, 2.24) is 15.5 Å². The van der Waals surface area contributed by atoms with Gasteiger partial charge in [0.25, 0.3) is 0 Å². The van der Waals surface area contributed by atoms with Gasteiger partial charge in [0.2, 0.25) is 0 Å². The lowest BCUT2D eigenvalue weighted by Crippen LogP contribution is -2.45. The maximum absolute atomic E-state index is 11.6. The molecule has 0 fully saturated rings. The predicted molar refractivity (Wildman–Crippen MR) is 68.4 cm³/mol. The third-order valence-electron chi connectivity index (χ3n) is 3.16. The van der Waals surface area contributed by atoms with Gasteiger partial charge in [-0.05, 0) is 27.4 Å². The number of carbonyl (C=O) groups is 2. The van der Waals surface area contributed by atoms with Gasteiger partial charge in [0.15, 0.2) is 0 Å². The zero-order chi connectivity index (χ0) is 13.7. The maximum atomic E-state index is 11.6. The molecular formula is C12H21N3O3. The summed E-state index contributed by atoms with van der Waals surface area (Å²) in [6, 6.07) is -0.202. The molecule has 18 heavy (non-hydrogen) atoms. The first-order chi connectivity index (χ1) is 8.40. The lowest BCUT2D eigenvalue weighted by atomic mass is 10.1. The van der Waals surface area contributed by atoms with Crippen molar-refractivity contribution in [2.75, 3.05) is 20.6 Å². The normalized spacial score (nSPS) is 24.0. The monoisotopic (exact) mass is 255 g/mol. The van der Waals surface area contributed by atoms with Crippen LogP contribution in [-0.4, -0.2) is 54.7 Å². The zero-order valence-corrected chi connectivity index (χ0v) is 11.0. The molecular weight excluding hydrogens is 234 g/mol. The maximum Gasteiger partial charge on any atom is 0.315 e. The highest BCUT2D eigenvalue weighted by Crippen LogP contribution is 2.17. The van der Waals surface area contributed by atoms with Crippen molar-refractivity contribution in [2.45, 2.75) is 25.4 Å². The molecule has 0 radical (unpaired) electrons. The van der Waals surface area contributed by atoms with Gasteiger partial charge in [-0.1, -0.05) is 12.2 Å². The van der Waals surface area contributed by atoms with Crippen LogP contribution in [0.15, 0.2) is 12.2 Å². The van der Waals surface area contributed by atoms with Gasteiger partial charge in [0.05, 0.1) is 12.0 Å². The highest BCUT2D eigenvalue weighted by Gasteiger charge is 2.25. The number of hydrogen-bond acceptors (Lipinski definition) is 3. The van der Waals surface area contributed by atoms with Crippen LogP contribution in [0.1, 0.15) is 13.3 Å². The molecule has 0 bridgehead atoms. The molecule has 6 heteroatoms. The largest absolute Gasteiger partial charge is 0.481 e. The molecule has 0 spiro atoms. The second-order valence-corrected chi connectivity index (χ2v) is 4.84. The van der Waals surface area contributed by atoms with Crippen LogP contribution < -0.4 is 10.6 Å². The third-order valence-corrected chi connectivity index (χ3v) is 3.16. The quantitative estimate of drug-likeness (QED) is 0.616. The van der Waals surface area contributed by atoms with E-state index in [4.69, 9.17) is 5.11 Å². The molecule has 102 valence electrons. The minimum Gasteiger partial charge on any atom is -0.481 e. The number of carboxylic acid groups (broad SMARTS) is 1. The van der Waals surface area contributed by atoms with Crippen LogP contribution in [0.2, 0.25) is 0 Å². The summed E-state index contributed by atoms with van der Waals surface area (Å²) in [7, 11) is 3.89. The Morgan fingerprint density at radius 2 is 2.11 bits per heavy atom. The van der Waals surface area contributed by atoms with Crippen molar-refractivity contribution in [2.24, 2.45) is 5.92 Å². The van der Waals surface area contributed by atoms with E-state index >= 15 is 0 Å². The van der Waals surface area contributed by atoms with Gasteiger partial charge in [-0.2, -0.15) is 0 Å². The fourth-order valence-electron chi connectivity index (χ4n) is 1.63. The average Bonchev–Trinajstić information content (AvgIpc) is 2.74. The second kappa shape index (κ2) is 6.39. The molecule has 0 saturated carbocycles. The molecule has 0 aromatic carbocycles. The van der Waals surface area contributed by atoms with Gasteiger partial charge in [-0.3, -0.25) is 4.79 Å². The van der Waals surface area contributed by atoms with Crippen molar-refractivity contribution >= 4 is 12.0 Å². The number of amides is 2. The van der Waals surface area contributed by atoms with Gasteiger partial charge in [-0.15, -0.1) is 0 Å². The second-order valence-electron chi connectivity index (χ2n) is 4.84. The Morgan fingerprint density at radius 3 is 2.61 bits per heavy atom. The molecule has 2 amide bonds. The lowest BCUT2D eigenvalue weighted by molar-refractivity contribution is -0.140. The van der Waals surface area contributed by atoms with E-state index in [0.717, 1.165) is 0 Å². The summed E-state index contributed by atoms with van der Waals surface area (Å²) in [6.07, 6.45) is 3.77. The number of rotatable bonds is 5. The van der Waals surface area contributed by atoms with Crippen molar-refractivity contribution in [3.05, 3.63) is 12.2 Å². The van der Waals surface area contributed by atoms with Crippen LogP contribution in [0, 0.1) is 5.92 Å². The van der Waals surface area contributed by atoms with Crippen LogP contribution in [-0.2, 0) is 4.79 Å². The molecule has 6 nitrogen and oxygen atoms in total. The van der Waals surface area contributed by atoms with E-state index in [1.54, 1.807) is 12.2 Å². The smallest absolute Gasteiger partial charge is 0.315 e. The van der Waals surface area contributed by atoms with E-state index in [0.29, 0.717) is 13.0 Å². The Balaban J connectivity index is 2.26. The predicted octanol–water partition coefficient (Wildman–Crippen LogP) is 0.265. The van der Waals surface area contributed by atoms with E-state index in [2.05, 4.69) is 10.6 Å². The average molecular weight is 255 g/mol. The van der Waals surface area contributed by atoms with Gasteiger partial charge in [-0.25, -0.2) is 4.79 Å². The van der Waals surface area contributed by atoms with Crippen molar-refractivity contribution in [3.8, 4) is 0 Å². The van der Waals surface area contributed by atoms with Crippen LogP contribution in [0.3, 0.4) is 0 Å². The van der Waals surface area contributed by atoms with Gasteiger partial charge < -0.3 is 20.6 Å². The highest BCUT2D eigenvalue weighted by molar-refractivity contribution is 5.76. The number of hydrogen-bond donors (Lipinski definition) is 3. The number of carboxylic acids is 1. The summed E-state index contributed by atoms with van der Waals surface area (Å²) < 4.78 is 0. The molecule has 1 aliphatic rings. The van der Waals surface area contributed by atoms with E-state index in [-0.39, 0.29) is 18.1 Å². The summed E-state index contributed by atoms with van der Waals surface area (Å²) in [6.45, 7) is 2.56. The number of nitrogens with zero attached hydrogens (tertiary/aromatic N) is 1. The molecule has 1 rings (SSSR count). The first-order valence-electron chi connectivity index (χ1n) is 6.02. The van der Waals surface area contributed by atoms with E-state index in [9.17, 15) is 9.59 Å². The molecule has 3 unspecified atom stereocenters. The summed E-state index contributed by atoms with van der Waals surface area (Å²) >= 11 is 0. The molecule has 0 aromatic rings. The Morgan fingerprint density at radius 1 is 1.44 bits per heavy atom. The molecule has 0 saturated heterocycles. The number of urea groups is 1. The molecule has 3 atom stereocenters. The molecule has 0 heterocycles.